The third kappa shape index (κ3) is 9.55. The summed E-state index contributed by atoms with van der Waals surface area (Å²) in [6.45, 7) is 6.29. The molecular formula is C32H39N3O6S. The van der Waals surface area contributed by atoms with Gasteiger partial charge in [-0.25, -0.2) is 4.79 Å². The lowest BCUT2D eigenvalue weighted by Crippen LogP contribution is -2.34. The van der Waals surface area contributed by atoms with Crippen LogP contribution in [0.2, 0.25) is 0 Å². The molecule has 0 saturated carbocycles. The van der Waals surface area contributed by atoms with E-state index in [-0.39, 0.29) is 16.7 Å². The van der Waals surface area contributed by atoms with Gasteiger partial charge in [0.2, 0.25) is 0 Å². The van der Waals surface area contributed by atoms with Crippen molar-refractivity contribution in [2.75, 3.05) is 24.6 Å². The Morgan fingerprint density at radius 2 is 1.74 bits per heavy atom. The van der Waals surface area contributed by atoms with E-state index < -0.39 is 10.1 Å². The normalized spacial score (nSPS) is 15.5. The highest BCUT2D eigenvalue weighted by atomic mass is 32.2. The number of carbonyl (C=O) groups excluding carboxylic acids is 2. The summed E-state index contributed by atoms with van der Waals surface area (Å²) in [7, 11) is -4.02. The molecule has 224 valence electrons. The lowest BCUT2D eigenvalue weighted by atomic mass is 9.88. The van der Waals surface area contributed by atoms with Crippen LogP contribution in [0, 0.1) is 18.3 Å². The fourth-order valence-corrected chi connectivity index (χ4v) is 5.24. The molecular weight excluding hydrogens is 554 g/mol. The first-order valence-electron chi connectivity index (χ1n) is 14.1. The number of anilines is 1. The number of amidine groups is 1. The molecule has 0 aromatic heterocycles. The Morgan fingerprint density at radius 1 is 1.10 bits per heavy atom. The summed E-state index contributed by atoms with van der Waals surface area (Å²) < 4.78 is 34.8. The molecule has 4 rings (SSSR count). The van der Waals surface area contributed by atoms with E-state index in [2.05, 4.69) is 24.0 Å². The smallest absolute Gasteiger partial charge is 0.306 e. The van der Waals surface area contributed by atoms with Crippen molar-refractivity contribution < 1.29 is 27.3 Å². The molecule has 1 aliphatic heterocycles. The fourth-order valence-electron chi connectivity index (χ4n) is 4.76. The van der Waals surface area contributed by atoms with E-state index >= 15 is 0 Å². The van der Waals surface area contributed by atoms with E-state index in [4.69, 9.17) is 20.4 Å². The van der Waals surface area contributed by atoms with Gasteiger partial charge in [-0.2, -0.15) is 8.42 Å². The number of aryl methyl sites for hydroxylation is 1. The number of hydrogen-bond acceptors (Lipinski definition) is 7. The number of esters is 1. The molecule has 0 radical (unpaired) electrons. The molecule has 4 N–H and O–H groups in total. The highest BCUT2D eigenvalue weighted by molar-refractivity contribution is 7.85. The minimum atomic E-state index is -4.02. The average Bonchev–Trinajstić information content (AvgIpc) is 2.97. The topological polar surface area (TPSA) is 151 Å². The van der Waals surface area contributed by atoms with Gasteiger partial charge in [-0.15, -0.1) is 0 Å². The van der Waals surface area contributed by atoms with Gasteiger partial charge in [-0.05, 0) is 73.1 Å². The van der Waals surface area contributed by atoms with Crippen LogP contribution >= 0.6 is 0 Å². The average molecular weight is 594 g/mol. The van der Waals surface area contributed by atoms with Gasteiger partial charge in [-0.3, -0.25) is 14.8 Å². The van der Waals surface area contributed by atoms with Crippen LogP contribution in [0.5, 0.6) is 0 Å². The third-order valence-electron chi connectivity index (χ3n) is 7.31. The molecule has 0 unspecified atom stereocenters. The molecule has 0 bridgehead atoms. The van der Waals surface area contributed by atoms with Gasteiger partial charge < -0.3 is 15.4 Å². The van der Waals surface area contributed by atoms with Crippen molar-refractivity contribution in [2.45, 2.75) is 57.3 Å². The molecule has 2 aliphatic rings. The molecule has 2 aromatic rings. The number of ether oxygens (including phenoxy) is 1. The van der Waals surface area contributed by atoms with Crippen molar-refractivity contribution in [1.29, 1.82) is 5.41 Å². The first-order chi connectivity index (χ1) is 20.0. The maximum atomic E-state index is 11.9. The molecule has 1 fully saturated rings. The number of rotatable bonds is 9. The molecule has 42 heavy (non-hydrogen) atoms. The minimum Gasteiger partial charge on any atom is -0.466 e. The van der Waals surface area contributed by atoms with Gasteiger partial charge in [0.25, 0.3) is 10.1 Å². The number of carbonyl (C=O) groups is 1. The molecule has 0 atom stereocenters. The SMILES string of the molecule is CCCCOC(=O)CC1CCN(c2ccc(C3=CC=C(C(=N)N)CC3=C=O)cc2)CC1.Cc1ccc(S(=O)(=O)O)cc1. The molecule has 1 aliphatic carbocycles. The Kier molecular flexibility index (Phi) is 11.9. The number of benzene rings is 2. The highest BCUT2D eigenvalue weighted by Gasteiger charge is 2.23. The summed E-state index contributed by atoms with van der Waals surface area (Å²) in [5, 5.41) is 7.56. The van der Waals surface area contributed by atoms with Gasteiger partial charge in [0, 0.05) is 37.2 Å². The van der Waals surface area contributed by atoms with E-state index in [1.807, 2.05) is 31.1 Å². The van der Waals surface area contributed by atoms with E-state index in [0.717, 1.165) is 61.2 Å². The Hall–Kier alpha value is -3.98. The maximum absolute atomic E-state index is 11.9. The van der Waals surface area contributed by atoms with Crippen LogP contribution in [0.4, 0.5) is 5.69 Å². The van der Waals surface area contributed by atoms with Crippen LogP contribution in [-0.4, -0.2) is 50.4 Å². The quantitative estimate of drug-likeness (QED) is 0.0887. The number of nitrogens with one attached hydrogen (secondary N) is 1. The Bertz CT molecular complexity index is 1460. The predicted molar refractivity (Wildman–Crippen MR) is 165 cm³/mol. The molecule has 2 aromatic carbocycles. The number of unbranched alkanes of at least 4 members (excludes halogenated alkanes) is 1. The van der Waals surface area contributed by atoms with E-state index in [1.165, 1.54) is 12.1 Å². The summed E-state index contributed by atoms with van der Waals surface area (Å²) >= 11 is 0. The molecule has 0 spiro atoms. The van der Waals surface area contributed by atoms with Gasteiger partial charge in [0.1, 0.15) is 11.8 Å². The lowest BCUT2D eigenvalue weighted by molar-refractivity contribution is -0.145. The predicted octanol–water partition coefficient (Wildman–Crippen LogP) is 5.29. The lowest BCUT2D eigenvalue weighted by Gasteiger charge is -2.33. The second-order valence-electron chi connectivity index (χ2n) is 10.5. The molecule has 9 nitrogen and oxygen atoms in total. The van der Waals surface area contributed by atoms with Gasteiger partial charge >= 0.3 is 5.97 Å². The summed E-state index contributed by atoms with van der Waals surface area (Å²) in [6.07, 6.45) is 8.39. The summed E-state index contributed by atoms with van der Waals surface area (Å²) in [6, 6.07) is 14.2. The summed E-state index contributed by atoms with van der Waals surface area (Å²) in [4.78, 5) is 25.6. The zero-order valence-corrected chi connectivity index (χ0v) is 25.0. The minimum absolute atomic E-state index is 0.0176. The number of nitrogens with zero attached hydrogens (tertiary/aromatic N) is 1. The van der Waals surface area contributed by atoms with Gasteiger partial charge in [0.15, 0.2) is 0 Å². The van der Waals surface area contributed by atoms with Crippen molar-refractivity contribution in [1.82, 2.24) is 0 Å². The second kappa shape index (κ2) is 15.3. The molecule has 1 saturated heterocycles. The number of nitrogens with two attached hydrogens (primary N) is 1. The van der Waals surface area contributed by atoms with Crippen molar-refractivity contribution in [2.24, 2.45) is 11.7 Å². The highest BCUT2D eigenvalue weighted by Crippen LogP contribution is 2.32. The van der Waals surface area contributed by atoms with Crippen molar-refractivity contribution in [3.8, 4) is 0 Å². The van der Waals surface area contributed by atoms with Crippen molar-refractivity contribution in [3.05, 3.63) is 83.0 Å². The third-order valence-corrected chi connectivity index (χ3v) is 8.17. The fraction of sp³-hybridized carbons (Fsp3) is 0.375. The van der Waals surface area contributed by atoms with Crippen LogP contribution in [0.15, 0.2) is 76.7 Å². The summed E-state index contributed by atoms with van der Waals surface area (Å²) in [5.74, 6) is 2.31. The Morgan fingerprint density at radius 3 is 2.29 bits per heavy atom. The number of hydrogen-bond donors (Lipinski definition) is 3. The largest absolute Gasteiger partial charge is 0.466 e. The maximum Gasteiger partial charge on any atom is 0.306 e. The van der Waals surface area contributed by atoms with Crippen molar-refractivity contribution >= 4 is 39.1 Å². The zero-order valence-electron chi connectivity index (χ0n) is 24.1. The summed E-state index contributed by atoms with van der Waals surface area (Å²) in [5.41, 5.74) is 10.6. The first-order valence-corrected chi connectivity index (χ1v) is 15.5. The second-order valence-corrected chi connectivity index (χ2v) is 11.9. The van der Waals surface area contributed by atoms with E-state index in [0.29, 0.717) is 36.5 Å². The van der Waals surface area contributed by atoms with Crippen LogP contribution < -0.4 is 10.6 Å². The van der Waals surface area contributed by atoms with E-state index in [9.17, 15) is 18.0 Å². The van der Waals surface area contributed by atoms with Gasteiger partial charge in [0.05, 0.1) is 11.5 Å². The van der Waals surface area contributed by atoms with Crippen LogP contribution in [0.25, 0.3) is 5.57 Å². The van der Waals surface area contributed by atoms with Crippen molar-refractivity contribution in [3.63, 3.8) is 0 Å². The zero-order chi connectivity index (χ0) is 30.7. The molecule has 1 heterocycles. The van der Waals surface area contributed by atoms with Crippen LogP contribution in [0.1, 0.15) is 56.6 Å². The number of piperidine rings is 1. The monoisotopic (exact) mass is 593 g/mol. The van der Waals surface area contributed by atoms with Gasteiger partial charge in [-0.1, -0.05) is 55.3 Å². The number of allylic oxidation sites excluding steroid dienone is 4. The Labute approximate surface area is 248 Å². The first kappa shape index (κ1) is 32.5. The standard InChI is InChI=1S/C25H31N3O3.C7H8O3S/c1-2-3-14-31-24(30)15-18-10-12-28(13-11-18)22-7-4-19(5-8-22)23-9-6-20(25(26)27)16-21(23)17-29;1-6-2-4-7(5-3-6)11(8,9)10/h4-9,18H,2-3,10-16H2,1H3,(H3,26,27);2-5H,1H3,(H,8,9,10). The van der Waals surface area contributed by atoms with Crippen LogP contribution in [0.3, 0.4) is 0 Å². The molecule has 10 heteroatoms. The van der Waals surface area contributed by atoms with Crippen LogP contribution in [-0.2, 0) is 24.4 Å². The van der Waals surface area contributed by atoms with E-state index in [1.54, 1.807) is 18.2 Å². The Balaban J connectivity index is 0.000000369. The molecule has 0 amide bonds.